The summed E-state index contributed by atoms with van der Waals surface area (Å²) in [6, 6.07) is 4.68. The van der Waals surface area contributed by atoms with Crippen molar-refractivity contribution in [3.05, 3.63) is 36.5 Å². The normalized spacial score (nSPS) is 20.8. The van der Waals surface area contributed by atoms with Crippen LogP contribution in [0.2, 0.25) is 0 Å². The zero-order valence-corrected chi connectivity index (χ0v) is 12.4. The monoisotopic (exact) mass is 294 g/mol. The van der Waals surface area contributed by atoms with Crippen LogP contribution < -0.4 is 11.1 Å². The molecule has 0 radical (unpaired) electrons. The Morgan fingerprint density at radius 2 is 2.14 bits per heavy atom. The van der Waals surface area contributed by atoms with Crippen LogP contribution in [0.3, 0.4) is 0 Å². The summed E-state index contributed by atoms with van der Waals surface area (Å²) in [5, 5.41) is 4.70. The van der Waals surface area contributed by atoms with E-state index < -0.39 is 0 Å². The number of fused-ring (bicyclic) bond motifs is 1. The number of pyridine rings is 1. The van der Waals surface area contributed by atoms with Crippen molar-refractivity contribution in [3.63, 3.8) is 0 Å². The molecule has 3 heterocycles. The lowest BCUT2D eigenvalue weighted by Crippen LogP contribution is -2.44. The van der Waals surface area contributed by atoms with Crippen LogP contribution in [0.15, 0.2) is 30.7 Å². The van der Waals surface area contributed by atoms with Gasteiger partial charge in [-0.15, -0.1) is 0 Å². The molecule has 4 rings (SSSR count). The quantitative estimate of drug-likeness (QED) is 0.689. The summed E-state index contributed by atoms with van der Waals surface area (Å²) in [5.74, 6) is 0.753. The second-order valence-electron chi connectivity index (χ2n) is 5.85. The van der Waals surface area contributed by atoms with Crippen LogP contribution in [0.5, 0.6) is 0 Å². The van der Waals surface area contributed by atoms with Crippen molar-refractivity contribution in [1.82, 2.24) is 19.9 Å². The number of nitrogens with zero attached hydrogens (tertiary/aromatic N) is 3. The molecule has 4 N–H and O–H groups in total. The van der Waals surface area contributed by atoms with Crippen molar-refractivity contribution < 1.29 is 0 Å². The van der Waals surface area contributed by atoms with Crippen LogP contribution >= 0.6 is 0 Å². The maximum absolute atomic E-state index is 5.91. The SMILES string of the molecule is Cc1nccc(-c2cnc3[nH]ccc3c2N[C@H]2C[C@@H](N)C2)n1. The Morgan fingerprint density at radius 1 is 1.27 bits per heavy atom. The molecular weight excluding hydrogens is 276 g/mol. The van der Waals surface area contributed by atoms with Crippen molar-refractivity contribution >= 4 is 16.7 Å². The third-order valence-corrected chi connectivity index (χ3v) is 4.16. The van der Waals surface area contributed by atoms with E-state index in [1.165, 1.54) is 0 Å². The van der Waals surface area contributed by atoms with Gasteiger partial charge >= 0.3 is 0 Å². The zero-order chi connectivity index (χ0) is 15.1. The number of rotatable bonds is 3. The third-order valence-electron chi connectivity index (χ3n) is 4.16. The number of aromatic nitrogens is 4. The predicted octanol–water partition coefficient (Wildman–Crippen LogP) is 2.23. The van der Waals surface area contributed by atoms with Crippen molar-refractivity contribution in [2.75, 3.05) is 5.32 Å². The van der Waals surface area contributed by atoms with E-state index in [1.807, 2.05) is 31.5 Å². The molecule has 22 heavy (non-hydrogen) atoms. The summed E-state index contributed by atoms with van der Waals surface area (Å²) >= 11 is 0. The lowest BCUT2D eigenvalue weighted by molar-refractivity contribution is 0.374. The lowest BCUT2D eigenvalue weighted by Gasteiger charge is -2.34. The van der Waals surface area contributed by atoms with Gasteiger partial charge in [-0.05, 0) is 31.9 Å². The smallest absolute Gasteiger partial charge is 0.139 e. The first-order valence-electron chi connectivity index (χ1n) is 7.49. The minimum atomic E-state index is 0.311. The van der Waals surface area contributed by atoms with E-state index >= 15 is 0 Å². The molecule has 0 unspecified atom stereocenters. The Hall–Kier alpha value is -2.47. The molecule has 6 heteroatoms. The first-order valence-corrected chi connectivity index (χ1v) is 7.49. The van der Waals surface area contributed by atoms with E-state index in [0.29, 0.717) is 12.1 Å². The molecule has 0 bridgehead atoms. The van der Waals surface area contributed by atoms with Gasteiger partial charge in [0, 0.05) is 41.6 Å². The molecule has 0 aliphatic heterocycles. The summed E-state index contributed by atoms with van der Waals surface area (Å²) in [6.07, 6.45) is 7.54. The van der Waals surface area contributed by atoms with Gasteiger partial charge in [0.1, 0.15) is 11.5 Å². The molecule has 1 fully saturated rings. The summed E-state index contributed by atoms with van der Waals surface area (Å²) in [5.41, 5.74) is 9.73. The van der Waals surface area contributed by atoms with E-state index in [0.717, 1.165) is 46.6 Å². The molecule has 0 amide bonds. The molecule has 0 spiro atoms. The molecule has 3 aromatic heterocycles. The van der Waals surface area contributed by atoms with Gasteiger partial charge in [0.25, 0.3) is 0 Å². The average Bonchev–Trinajstić information content (AvgIpc) is 2.94. The highest BCUT2D eigenvalue weighted by molar-refractivity contribution is 5.97. The number of hydrogen-bond acceptors (Lipinski definition) is 5. The number of aryl methyl sites for hydroxylation is 1. The minimum absolute atomic E-state index is 0.311. The van der Waals surface area contributed by atoms with Crippen molar-refractivity contribution in [2.45, 2.75) is 31.8 Å². The van der Waals surface area contributed by atoms with Gasteiger partial charge in [-0.1, -0.05) is 0 Å². The predicted molar refractivity (Wildman–Crippen MR) is 86.5 cm³/mol. The number of hydrogen-bond donors (Lipinski definition) is 3. The fraction of sp³-hybridized carbons (Fsp3) is 0.312. The van der Waals surface area contributed by atoms with Gasteiger partial charge in [0.2, 0.25) is 0 Å². The molecular formula is C16H18N6. The second-order valence-corrected chi connectivity index (χ2v) is 5.85. The van der Waals surface area contributed by atoms with Crippen LogP contribution in [0.4, 0.5) is 5.69 Å². The second kappa shape index (κ2) is 5.06. The van der Waals surface area contributed by atoms with Gasteiger partial charge in [-0.25, -0.2) is 15.0 Å². The van der Waals surface area contributed by atoms with Gasteiger partial charge < -0.3 is 16.0 Å². The maximum Gasteiger partial charge on any atom is 0.139 e. The average molecular weight is 294 g/mol. The van der Waals surface area contributed by atoms with Crippen LogP contribution in [0, 0.1) is 6.92 Å². The Bertz CT molecular complexity index is 818. The Labute approximate surface area is 128 Å². The fourth-order valence-electron chi connectivity index (χ4n) is 2.95. The summed E-state index contributed by atoms with van der Waals surface area (Å²) in [7, 11) is 0. The Morgan fingerprint density at radius 3 is 2.91 bits per heavy atom. The molecule has 1 aliphatic rings. The van der Waals surface area contributed by atoms with Gasteiger partial charge in [-0.2, -0.15) is 0 Å². The zero-order valence-electron chi connectivity index (χ0n) is 12.4. The van der Waals surface area contributed by atoms with Crippen molar-refractivity contribution in [3.8, 4) is 11.3 Å². The molecule has 0 atom stereocenters. The highest BCUT2D eigenvalue weighted by Crippen LogP contribution is 2.35. The van der Waals surface area contributed by atoms with Gasteiger partial charge in [0.05, 0.1) is 11.4 Å². The van der Waals surface area contributed by atoms with Crippen molar-refractivity contribution in [2.24, 2.45) is 5.73 Å². The van der Waals surface area contributed by atoms with E-state index in [1.54, 1.807) is 6.20 Å². The third kappa shape index (κ3) is 2.21. The molecule has 1 aliphatic carbocycles. The molecule has 1 saturated carbocycles. The van der Waals surface area contributed by atoms with E-state index in [4.69, 9.17) is 5.73 Å². The highest BCUT2D eigenvalue weighted by atomic mass is 15.0. The van der Waals surface area contributed by atoms with E-state index in [-0.39, 0.29) is 0 Å². The molecule has 3 aromatic rings. The van der Waals surface area contributed by atoms with Crippen LogP contribution in [0.1, 0.15) is 18.7 Å². The number of aromatic amines is 1. The van der Waals surface area contributed by atoms with Crippen molar-refractivity contribution in [1.29, 1.82) is 0 Å². The molecule has 112 valence electrons. The first kappa shape index (κ1) is 13.2. The Balaban J connectivity index is 1.82. The topological polar surface area (TPSA) is 92.5 Å². The highest BCUT2D eigenvalue weighted by Gasteiger charge is 2.27. The molecule has 0 aromatic carbocycles. The number of nitrogens with two attached hydrogens (primary N) is 1. The number of H-pyrrole nitrogens is 1. The van der Waals surface area contributed by atoms with E-state index in [2.05, 4.69) is 25.3 Å². The minimum Gasteiger partial charge on any atom is -0.381 e. The Kier molecular flexibility index (Phi) is 3.04. The molecule has 0 saturated heterocycles. The summed E-state index contributed by atoms with van der Waals surface area (Å²) < 4.78 is 0. The standard InChI is InChI=1S/C16H18N6/c1-9-18-5-3-14(21-9)13-8-20-16-12(2-4-19-16)15(13)22-11-6-10(17)7-11/h2-5,8,10-11H,6-7,17H2,1H3,(H2,19,20,22)/t10-,11+. The maximum atomic E-state index is 5.91. The number of nitrogens with one attached hydrogen (secondary N) is 2. The molecule has 6 nitrogen and oxygen atoms in total. The van der Waals surface area contributed by atoms with Gasteiger partial charge in [-0.3, -0.25) is 0 Å². The largest absolute Gasteiger partial charge is 0.381 e. The lowest BCUT2D eigenvalue weighted by atomic mass is 9.87. The number of anilines is 1. The van der Waals surface area contributed by atoms with Crippen LogP contribution in [-0.4, -0.2) is 32.0 Å². The fourth-order valence-corrected chi connectivity index (χ4v) is 2.95. The summed E-state index contributed by atoms with van der Waals surface area (Å²) in [4.78, 5) is 16.4. The summed E-state index contributed by atoms with van der Waals surface area (Å²) in [6.45, 7) is 1.89. The van der Waals surface area contributed by atoms with E-state index in [9.17, 15) is 0 Å². The van der Waals surface area contributed by atoms with Crippen LogP contribution in [-0.2, 0) is 0 Å². The van der Waals surface area contributed by atoms with Gasteiger partial charge in [0.15, 0.2) is 0 Å². The van der Waals surface area contributed by atoms with Crippen LogP contribution in [0.25, 0.3) is 22.3 Å². The first-order chi connectivity index (χ1) is 10.7.